The Bertz CT molecular complexity index is 772. The van der Waals surface area contributed by atoms with Crippen LogP contribution in [-0.4, -0.2) is 46.6 Å². The van der Waals surface area contributed by atoms with Crippen molar-refractivity contribution in [2.24, 2.45) is 0 Å². The number of amides is 5. The third kappa shape index (κ3) is 4.44. The Kier molecular flexibility index (Phi) is 6.05. The van der Waals surface area contributed by atoms with Crippen LogP contribution >= 0.6 is 11.3 Å². The number of hydrogen-bond acceptors (Lipinski definition) is 5. The summed E-state index contributed by atoms with van der Waals surface area (Å²) in [5, 5.41) is 4.66. The van der Waals surface area contributed by atoms with Gasteiger partial charge in [-0.1, -0.05) is 17.7 Å². The van der Waals surface area contributed by atoms with Gasteiger partial charge in [-0.25, -0.2) is 9.69 Å². The second-order valence-electron chi connectivity index (χ2n) is 6.79. The van der Waals surface area contributed by atoms with E-state index >= 15 is 0 Å². The lowest BCUT2D eigenvalue weighted by atomic mass is 9.97. The highest BCUT2D eigenvalue weighted by Crippen LogP contribution is 2.22. The molecule has 0 spiro atoms. The molecule has 0 radical (unpaired) electrons. The lowest BCUT2D eigenvalue weighted by Crippen LogP contribution is -2.42. The van der Waals surface area contributed by atoms with E-state index in [9.17, 15) is 19.2 Å². The molecule has 1 N–H and O–H groups in total. The van der Waals surface area contributed by atoms with Crippen LogP contribution in [0.2, 0.25) is 0 Å². The molecule has 1 aliphatic heterocycles. The van der Waals surface area contributed by atoms with Gasteiger partial charge in [-0.05, 0) is 50.5 Å². The van der Waals surface area contributed by atoms with E-state index in [2.05, 4.69) is 11.4 Å². The molecule has 7 nitrogen and oxygen atoms in total. The van der Waals surface area contributed by atoms with E-state index in [0.717, 1.165) is 40.4 Å². The van der Waals surface area contributed by atoms with Crippen molar-refractivity contribution in [2.45, 2.75) is 45.1 Å². The van der Waals surface area contributed by atoms with E-state index in [-0.39, 0.29) is 12.6 Å². The van der Waals surface area contributed by atoms with Gasteiger partial charge < -0.3 is 5.32 Å². The molecule has 1 fully saturated rings. The van der Waals surface area contributed by atoms with Crippen molar-refractivity contribution in [2.75, 3.05) is 13.1 Å². The second-order valence-corrected chi connectivity index (χ2v) is 7.77. The summed E-state index contributed by atoms with van der Waals surface area (Å²) < 4.78 is 0. The van der Waals surface area contributed by atoms with Gasteiger partial charge in [-0.15, -0.1) is 11.3 Å². The fraction of sp³-hybridized carbons (Fsp3) is 0.474. The summed E-state index contributed by atoms with van der Waals surface area (Å²) in [6.07, 6.45) is 6.99. The van der Waals surface area contributed by atoms with Gasteiger partial charge in [-0.2, -0.15) is 0 Å². The van der Waals surface area contributed by atoms with Gasteiger partial charge in [0.15, 0.2) is 0 Å². The molecule has 1 aliphatic carbocycles. The molecule has 144 valence electrons. The highest BCUT2D eigenvalue weighted by Gasteiger charge is 2.45. The van der Waals surface area contributed by atoms with Crippen molar-refractivity contribution in [1.29, 1.82) is 0 Å². The van der Waals surface area contributed by atoms with Crippen molar-refractivity contribution in [3.05, 3.63) is 34.0 Å². The molecular weight excluding hydrogens is 366 g/mol. The van der Waals surface area contributed by atoms with E-state index in [1.165, 1.54) is 16.9 Å². The first-order valence-corrected chi connectivity index (χ1v) is 10.0. The topological polar surface area (TPSA) is 86.8 Å². The first kappa shape index (κ1) is 19.3. The van der Waals surface area contributed by atoms with E-state index in [4.69, 9.17) is 0 Å². The Labute approximate surface area is 162 Å². The van der Waals surface area contributed by atoms with Crippen LogP contribution < -0.4 is 5.32 Å². The van der Waals surface area contributed by atoms with Gasteiger partial charge in [-0.3, -0.25) is 19.3 Å². The second kappa shape index (κ2) is 8.47. The molecule has 1 atom stereocenters. The Balaban J connectivity index is 1.56. The molecule has 0 bridgehead atoms. The number of thiophene rings is 1. The van der Waals surface area contributed by atoms with E-state index in [0.29, 0.717) is 6.42 Å². The molecule has 2 heterocycles. The van der Waals surface area contributed by atoms with Gasteiger partial charge in [0, 0.05) is 11.4 Å². The van der Waals surface area contributed by atoms with Crippen LogP contribution in [0.25, 0.3) is 0 Å². The molecule has 27 heavy (non-hydrogen) atoms. The normalized spacial score (nSPS) is 18.7. The minimum Gasteiger partial charge on any atom is -0.347 e. The third-order valence-electron chi connectivity index (χ3n) is 4.83. The van der Waals surface area contributed by atoms with Crippen LogP contribution in [-0.2, 0) is 14.4 Å². The van der Waals surface area contributed by atoms with Gasteiger partial charge in [0.1, 0.15) is 6.54 Å². The Morgan fingerprint density at radius 3 is 2.67 bits per heavy atom. The van der Waals surface area contributed by atoms with Crippen molar-refractivity contribution < 1.29 is 19.2 Å². The van der Waals surface area contributed by atoms with Gasteiger partial charge >= 0.3 is 17.8 Å². The number of nitrogens with zero attached hydrogens (tertiary/aromatic N) is 2. The Morgan fingerprint density at radius 2 is 2.00 bits per heavy atom. The van der Waals surface area contributed by atoms with Gasteiger partial charge in [0.05, 0.1) is 6.04 Å². The van der Waals surface area contributed by atoms with Gasteiger partial charge in [0.25, 0.3) is 0 Å². The highest BCUT2D eigenvalue weighted by atomic mass is 32.1. The van der Waals surface area contributed by atoms with Gasteiger partial charge in [0.2, 0.25) is 5.91 Å². The van der Waals surface area contributed by atoms with Crippen LogP contribution in [0.4, 0.5) is 4.79 Å². The number of rotatable bonds is 7. The Morgan fingerprint density at radius 1 is 1.22 bits per heavy atom. The fourth-order valence-corrected chi connectivity index (χ4v) is 4.05. The van der Waals surface area contributed by atoms with Crippen molar-refractivity contribution in [3.63, 3.8) is 0 Å². The van der Waals surface area contributed by atoms with Crippen LogP contribution in [0.1, 0.15) is 49.9 Å². The smallest absolute Gasteiger partial charge is 0.334 e. The minimum atomic E-state index is -0.934. The standard InChI is InChI=1S/C19H23N3O4S/c1-13(15-8-5-11-27-15)20-16(23)12-22-18(25)17(24)21(19(22)26)10-9-14-6-3-2-4-7-14/h5-6,8,11,13H,2-4,7,9-10,12H2,1H3,(H,20,23). The number of hydrogen-bond donors (Lipinski definition) is 1. The number of allylic oxidation sites excluding steroid dienone is 1. The number of urea groups is 1. The zero-order chi connectivity index (χ0) is 19.4. The molecule has 2 aliphatic rings. The summed E-state index contributed by atoms with van der Waals surface area (Å²) >= 11 is 1.51. The average molecular weight is 389 g/mol. The molecular formula is C19H23N3O4S. The third-order valence-corrected chi connectivity index (χ3v) is 5.88. The van der Waals surface area contributed by atoms with E-state index in [1.54, 1.807) is 0 Å². The lowest BCUT2D eigenvalue weighted by molar-refractivity contribution is -0.144. The number of nitrogens with one attached hydrogen (secondary N) is 1. The zero-order valence-corrected chi connectivity index (χ0v) is 16.1. The molecule has 8 heteroatoms. The number of carbonyl (C=O) groups excluding carboxylic acids is 4. The SMILES string of the molecule is CC(NC(=O)CN1C(=O)C(=O)N(CCC2=CCCCC2)C1=O)c1cccs1. The predicted octanol–water partition coefficient (Wildman–Crippen LogP) is 2.61. The summed E-state index contributed by atoms with van der Waals surface area (Å²) in [5.41, 5.74) is 1.22. The lowest BCUT2D eigenvalue weighted by Gasteiger charge is -2.18. The summed E-state index contributed by atoms with van der Waals surface area (Å²) in [7, 11) is 0. The first-order chi connectivity index (χ1) is 13.0. The summed E-state index contributed by atoms with van der Waals surface area (Å²) in [4.78, 5) is 51.6. The molecule has 0 aromatic carbocycles. The molecule has 1 aromatic heterocycles. The van der Waals surface area contributed by atoms with Crippen molar-refractivity contribution in [3.8, 4) is 0 Å². The van der Waals surface area contributed by atoms with Crippen LogP contribution in [0, 0.1) is 0 Å². The molecule has 1 aromatic rings. The van der Waals surface area contributed by atoms with Crippen LogP contribution in [0.3, 0.4) is 0 Å². The summed E-state index contributed by atoms with van der Waals surface area (Å²) in [6.45, 7) is 1.56. The minimum absolute atomic E-state index is 0.180. The number of imide groups is 2. The summed E-state index contributed by atoms with van der Waals surface area (Å²) in [5.74, 6) is -2.26. The molecule has 3 rings (SSSR count). The van der Waals surface area contributed by atoms with Crippen molar-refractivity contribution in [1.82, 2.24) is 15.1 Å². The highest BCUT2D eigenvalue weighted by molar-refractivity contribution is 7.10. The predicted molar refractivity (Wildman–Crippen MR) is 101 cm³/mol. The van der Waals surface area contributed by atoms with Crippen LogP contribution in [0.15, 0.2) is 29.2 Å². The Hall–Kier alpha value is -2.48. The van der Waals surface area contributed by atoms with E-state index in [1.807, 2.05) is 24.4 Å². The molecule has 1 unspecified atom stereocenters. The molecule has 5 amide bonds. The maximum atomic E-state index is 12.5. The maximum Gasteiger partial charge on any atom is 0.334 e. The average Bonchev–Trinajstić information content (AvgIpc) is 3.26. The molecule has 0 saturated carbocycles. The number of carbonyl (C=O) groups is 4. The quantitative estimate of drug-likeness (QED) is 0.441. The monoisotopic (exact) mass is 389 g/mol. The largest absolute Gasteiger partial charge is 0.347 e. The fourth-order valence-electron chi connectivity index (χ4n) is 3.31. The summed E-state index contributed by atoms with van der Waals surface area (Å²) in [6, 6.07) is 2.84. The van der Waals surface area contributed by atoms with E-state index < -0.39 is 30.3 Å². The zero-order valence-electron chi connectivity index (χ0n) is 15.3. The van der Waals surface area contributed by atoms with Crippen molar-refractivity contribution >= 4 is 35.1 Å². The molecule has 1 saturated heterocycles. The van der Waals surface area contributed by atoms with Crippen LogP contribution in [0.5, 0.6) is 0 Å². The first-order valence-electron chi connectivity index (χ1n) is 9.15. The maximum absolute atomic E-state index is 12.5.